The minimum atomic E-state index is -0.550. The molecule has 1 aromatic rings. The molecule has 0 aliphatic carbocycles. The second-order valence-corrected chi connectivity index (χ2v) is 4.65. The van der Waals surface area contributed by atoms with E-state index >= 15 is 0 Å². The molecule has 1 amide bonds. The van der Waals surface area contributed by atoms with Crippen LogP contribution in [0, 0.1) is 11.6 Å². The van der Waals surface area contributed by atoms with Gasteiger partial charge in [-0.3, -0.25) is 4.79 Å². The molecular formula is C13H17ClF2N2O. The highest BCUT2D eigenvalue weighted by atomic mass is 35.5. The first kappa shape index (κ1) is 15.9. The lowest BCUT2D eigenvalue weighted by Crippen LogP contribution is -2.46. The van der Waals surface area contributed by atoms with E-state index in [2.05, 4.69) is 0 Å². The van der Waals surface area contributed by atoms with Crippen molar-refractivity contribution < 1.29 is 13.6 Å². The summed E-state index contributed by atoms with van der Waals surface area (Å²) in [6.45, 7) is 1.14. The molecule has 1 aliphatic heterocycles. The van der Waals surface area contributed by atoms with Crippen molar-refractivity contribution in [1.29, 1.82) is 0 Å². The minimum Gasteiger partial charge on any atom is -0.341 e. The Morgan fingerprint density at radius 3 is 2.84 bits per heavy atom. The summed E-state index contributed by atoms with van der Waals surface area (Å²) in [5.41, 5.74) is 5.88. The van der Waals surface area contributed by atoms with E-state index in [1.54, 1.807) is 4.90 Å². The fourth-order valence-corrected chi connectivity index (χ4v) is 2.19. The number of likely N-dealkylation sites (tertiary alicyclic amines) is 1. The summed E-state index contributed by atoms with van der Waals surface area (Å²) in [6.07, 6.45) is 1.65. The predicted octanol–water partition coefficient (Wildman–Crippen LogP) is 1.88. The lowest BCUT2D eigenvalue weighted by molar-refractivity contribution is -0.131. The number of carbonyl (C=O) groups excluding carboxylic acids is 1. The quantitative estimate of drug-likeness (QED) is 0.904. The Kier molecular flexibility index (Phi) is 5.69. The largest absolute Gasteiger partial charge is 0.341 e. The second-order valence-electron chi connectivity index (χ2n) is 4.65. The van der Waals surface area contributed by atoms with Crippen LogP contribution in [0.4, 0.5) is 8.78 Å². The monoisotopic (exact) mass is 290 g/mol. The van der Waals surface area contributed by atoms with Crippen molar-refractivity contribution in [2.45, 2.75) is 25.3 Å². The third kappa shape index (κ3) is 4.14. The van der Waals surface area contributed by atoms with Crippen molar-refractivity contribution in [3.05, 3.63) is 35.4 Å². The van der Waals surface area contributed by atoms with Gasteiger partial charge in [0.15, 0.2) is 0 Å². The van der Waals surface area contributed by atoms with Crippen LogP contribution in [0.5, 0.6) is 0 Å². The molecule has 106 valence electrons. The summed E-state index contributed by atoms with van der Waals surface area (Å²) in [7, 11) is 0. The predicted molar refractivity (Wildman–Crippen MR) is 71.1 cm³/mol. The number of carbonyl (C=O) groups is 1. The standard InChI is InChI=1S/C13H16F2N2O.ClH/c14-10-3-4-12(15)9(6-10)7-13(18)17-5-1-2-11(16)8-17;/h3-4,6,11H,1-2,5,7-8,16H2;1H/t11-;/m1./s1. The molecular weight excluding hydrogens is 274 g/mol. The zero-order valence-electron chi connectivity index (χ0n) is 10.4. The van der Waals surface area contributed by atoms with Gasteiger partial charge in [0.2, 0.25) is 5.91 Å². The summed E-state index contributed by atoms with van der Waals surface area (Å²) in [5, 5.41) is 0. The lowest BCUT2D eigenvalue weighted by Gasteiger charge is -2.30. The smallest absolute Gasteiger partial charge is 0.227 e. The number of hydrogen-bond acceptors (Lipinski definition) is 2. The summed E-state index contributed by atoms with van der Waals surface area (Å²) in [4.78, 5) is 13.6. The third-order valence-electron chi connectivity index (χ3n) is 3.16. The van der Waals surface area contributed by atoms with E-state index in [0.717, 1.165) is 31.0 Å². The van der Waals surface area contributed by atoms with Crippen LogP contribution in [0.15, 0.2) is 18.2 Å². The molecule has 1 saturated heterocycles. The highest BCUT2D eigenvalue weighted by molar-refractivity contribution is 5.85. The van der Waals surface area contributed by atoms with Gasteiger partial charge in [-0.25, -0.2) is 8.78 Å². The highest BCUT2D eigenvalue weighted by Crippen LogP contribution is 2.14. The van der Waals surface area contributed by atoms with E-state index in [1.807, 2.05) is 0 Å². The normalized spacial score (nSPS) is 18.9. The molecule has 0 unspecified atom stereocenters. The van der Waals surface area contributed by atoms with Crippen LogP contribution in [-0.2, 0) is 11.2 Å². The van der Waals surface area contributed by atoms with Crippen molar-refractivity contribution >= 4 is 18.3 Å². The molecule has 1 aliphatic rings. The van der Waals surface area contributed by atoms with E-state index in [1.165, 1.54) is 0 Å². The number of halogens is 3. The number of amides is 1. The molecule has 1 atom stereocenters. The lowest BCUT2D eigenvalue weighted by atomic mass is 10.0. The maximum absolute atomic E-state index is 13.4. The Bertz CT molecular complexity index is 456. The molecule has 1 heterocycles. The first-order chi connectivity index (χ1) is 8.56. The molecule has 1 fully saturated rings. The maximum Gasteiger partial charge on any atom is 0.227 e. The molecule has 0 bridgehead atoms. The average molecular weight is 291 g/mol. The van der Waals surface area contributed by atoms with Gasteiger partial charge in [0, 0.05) is 24.7 Å². The molecule has 3 nitrogen and oxygen atoms in total. The van der Waals surface area contributed by atoms with Gasteiger partial charge in [-0.05, 0) is 31.0 Å². The summed E-state index contributed by atoms with van der Waals surface area (Å²) in [5.74, 6) is -1.28. The number of rotatable bonds is 2. The third-order valence-corrected chi connectivity index (χ3v) is 3.16. The fourth-order valence-electron chi connectivity index (χ4n) is 2.19. The first-order valence-electron chi connectivity index (χ1n) is 6.03. The zero-order chi connectivity index (χ0) is 13.1. The number of benzene rings is 1. The van der Waals surface area contributed by atoms with Crippen molar-refractivity contribution in [2.24, 2.45) is 5.73 Å². The van der Waals surface area contributed by atoms with Gasteiger partial charge < -0.3 is 10.6 Å². The number of nitrogens with zero attached hydrogens (tertiary/aromatic N) is 1. The van der Waals surface area contributed by atoms with Crippen LogP contribution in [0.2, 0.25) is 0 Å². The van der Waals surface area contributed by atoms with Gasteiger partial charge in [0.1, 0.15) is 11.6 Å². The molecule has 0 spiro atoms. The Morgan fingerprint density at radius 1 is 1.42 bits per heavy atom. The molecule has 0 saturated carbocycles. The van der Waals surface area contributed by atoms with Gasteiger partial charge in [0.05, 0.1) is 6.42 Å². The molecule has 2 N–H and O–H groups in total. The Labute approximate surface area is 117 Å². The van der Waals surface area contributed by atoms with Crippen molar-refractivity contribution in [3.63, 3.8) is 0 Å². The van der Waals surface area contributed by atoms with Crippen molar-refractivity contribution in [1.82, 2.24) is 4.90 Å². The summed E-state index contributed by atoms with van der Waals surface area (Å²) < 4.78 is 26.4. The SMILES string of the molecule is Cl.N[C@@H]1CCCN(C(=O)Cc2cc(F)ccc2F)C1. The minimum absolute atomic E-state index is 0. The first-order valence-corrected chi connectivity index (χ1v) is 6.03. The molecule has 1 aromatic carbocycles. The Balaban J connectivity index is 0.00000180. The van der Waals surface area contributed by atoms with Crippen LogP contribution < -0.4 is 5.73 Å². The fraction of sp³-hybridized carbons (Fsp3) is 0.462. The van der Waals surface area contributed by atoms with E-state index in [0.29, 0.717) is 13.1 Å². The van der Waals surface area contributed by atoms with E-state index in [9.17, 15) is 13.6 Å². The van der Waals surface area contributed by atoms with Crippen LogP contribution >= 0.6 is 12.4 Å². The molecule has 19 heavy (non-hydrogen) atoms. The molecule has 6 heteroatoms. The van der Waals surface area contributed by atoms with Gasteiger partial charge in [0.25, 0.3) is 0 Å². The Morgan fingerprint density at radius 2 is 2.16 bits per heavy atom. The Hall–Kier alpha value is -1.20. The number of piperidine rings is 1. The topological polar surface area (TPSA) is 46.3 Å². The summed E-state index contributed by atoms with van der Waals surface area (Å²) >= 11 is 0. The van der Waals surface area contributed by atoms with Gasteiger partial charge >= 0.3 is 0 Å². The second kappa shape index (κ2) is 6.82. The van der Waals surface area contributed by atoms with Crippen LogP contribution in [0.3, 0.4) is 0 Å². The average Bonchev–Trinajstić information content (AvgIpc) is 2.34. The van der Waals surface area contributed by atoms with Crippen LogP contribution in [-0.4, -0.2) is 29.9 Å². The zero-order valence-corrected chi connectivity index (χ0v) is 11.3. The highest BCUT2D eigenvalue weighted by Gasteiger charge is 2.22. The maximum atomic E-state index is 13.4. The van der Waals surface area contributed by atoms with Crippen LogP contribution in [0.25, 0.3) is 0 Å². The van der Waals surface area contributed by atoms with Crippen molar-refractivity contribution in [2.75, 3.05) is 13.1 Å². The molecule has 0 aromatic heterocycles. The van der Waals surface area contributed by atoms with E-state index in [-0.39, 0.29) is 36.3 Å². The molecule has 0 radical (unpaired) electrons. The van der Waals surface area contributed by atoms with E-state index < -0.39 is 11.6 Å². The van der Waals surface area contributed by atoms with Crippen molar-refractivity contribution in [3.8, 4) is 0 Å². The van der Waals surface area contributed by atoms with Crippen LogP contribution in [0.1, 0.15) is 18.4 Å². The number of nitrogens with two attached hydrogens (primary N) is 1. The van der Waals surface area contributed by atoms with E-state index in [4.69, 9.17) is 5.73 Å². The van der Waals surface area contributed by atoms with Gasteiger partial charge in [-0.1, -0.05) is 0 Å². The number of hydrogen-bond donors (Lipinski definition) is 1. The van der Waals surface area contributed by atoms with Gasteiger partial charge in [-0.2, -0.15) is 0 Å². The van der Waals surface area contributed by atoms with Gasteiger partial charge in [-0.15, -0.1) is 12.4 Å². The molecule has 2 rings (SSSR count). The summed E-state index contributed by atoms with van der Waals surface area (Å²) in [6, 6.07) is 3.14.